The summed E-state index contributed by atoms with van der Waals surface area (Å²) in [6.45, 7) is 1.05. The van der Waals surface area contributed by atoms with Gasteiger partial charge in [-0.25, -0.2) is 0 Å². The average molecular weight is 687 g/mol. The van der Waals surface area contributed by atoms with Crippen molar-refractivity contribution in [1.82, 2.24) is 0 Å². The molecule has 0 bridgehead atoms. The number of alkyl halides is 14. The average Bonchev–Trinajstić information content (AvgIpc) is 2.81. The van der Waals surface area contributed by atoms with Crippen molar-refractivity contribution in [1.29, 1.82) is 0 Å². The summed E-state index contributed by atoms with van der Waals surface area (Å²) < 4.78 is 192. The maximum absolute atomic E-state index is 15.2. The Hall–Kier alpha value is -0.261. The van der Waals surface area contributed by atoms with Gasteiger partial charge in [-0.1, -0.05) is 0 Å². The number of rotatable bonds is 20. The van der Waals surface area contributed by atoms with Crippen LogP contribution in [0.15, 0.2) is 0 Å². The van der Waals surface area contributed by atoms with E-state index in [0.717, 1.165) is 0 Å². The van der Waals surface area contributed by atoms with Gasteiger partial charge in [0.2, 0.25) is 0 Å². The van der Waals surface area contributed by atoms with Crippen molar-refractivity contribution < 1.29 is 67.6 Å². The van der Waals surface area contributed by atoms with E-state index >= 15 is 8.78 Å². The fourth-order valence-electron chi connectivity index (χ4n) is 3.12. The van der Waals surface area contributed by atoms with E-state index in [-0.39, 0.29) is 25.7 Å². The van der Waals surface area contributed by atoms with Gasteiger partial charge in [-0.15, -0.1) is 0 Å². The van der Waals surface area contributed by atoms with Crippen LogP contribution in [0.5, 0.6) is 0 Å². The fourth-order valence-corrected chi connectivity index (χ4v) is 12.4. The van der Waals surface area contributed by atoms with Crippen LogP contribution in [0.2, 0.25) is 0 Å². The molecule has 0 heterocycles. The van der Waals surface area contributed by atoms with Crippen molar-refractivity contribution in [2.24, 2.45) is 0 Å². The van der Waals surface area contributed by atoms with Gasteiger partial charge in [-0.2, -0.15) is 0 Å². The molecular weight excluding hydrogens is 657 g/mol. The Bertz CT molecular complexity index is 597. The molecule has 2 atom stereocenters. The summed E-state index contributed by atoms with van der Waals surface area (Å²) in [4.78, 5) is 0. The molecule has 0 aromatic heterocycles. The van der Waals surface area contributed by atoms with Gasteiger partial charge in [0.1, 0.15) is 0 Å². The van der Waals surface area contributed by atoms with Crippen LogP contribution in [0.3, 0.4) is 0 Å². The fraction of sp³-hybridized carbons (Fsp3) is 1.00. The Labute approximate surface area is 210 Å². The second-order valence-corrected chi connectivity index (χ2v) is 17.0. The van der Waals surface area contributed by atoms with E-state index in [1.54, 1.807) is 13.8 Å². The SMILES string of the molecule is CCCCCC[O][Sn]([O]CCCCCC)([CH](F)C(F)(F)C(F)(F)C(F)F)[CH](F)C(F)(F)C(F)(F)C(F)F. The standard InChI is InChI=1S/2C6H13O.2C4H2F7.Sn/c2*1-2-3-4-5-6-7;2*5-1-3(8,9)4(10,11)2(6)7;/h2*2-6H2,1H3;2*1-2H;/q2*-1;;;+2. The quantitative estimate of drug-likeness (QED) is 0.0727. The summed E-state index contributed by atoms with van der Waals surface area (Å²) >= 11 is -8.22. The summed E-state index contributed by atoms with van der Waals surface area (Å²) in [6.07, 6.45) is -9.29. The zero-order valence-corrected chi connectivity index (χ0v) is 22.8. The van der Waals surface area contributed by atoms with Gasteiger partial charge in [-0.3, -0.25) is 0 Å². The molecule has 17 heteroatoms. The Kier molecular flexibility index (Phi) is 14.8. The predicted octanol–water partition coefficient (Wildman–Crippen LogP) is 8.45. The molecule has 0 aromatic carbocycles. The van der Waals surface area contributed by atoms with Crippen LogP contribution < -0.4 is 0 Å². The summed E-state index contributed by atoms with van der Waals surface area (Å²) in [5.74, 6) is -26.5. The minimum atomic E-state index is -8.22. The van der Waals surface area contributed by atoms with E-state index in [2.05, 4.69) is 6.15 Å². The first kappa shape index (κ1) is 36.7. The molecule has 37 heavy (non-hydrogen) atoms. The van der Waals surface area contributed by atoms with E-state index < -0.39 is 77.3 Å². The molecule has 0 aliphatic carbocycles. The molecule has 0 radical (unpaired) electrons. The summed E-state index contributed by atoms with van der Waals surface area (Å²) in [5, 5.41) is 0. The normalized spacial score (nSPS) is 16.1. The van der Waals surface area contributed by atoms with Gasteiger partial charge in [0.25, 0.3) is 0 Å². The van der Waals surface area contributed by atoms with Crippen LogP contribution in [0.1, 0.15) is 65.2 Å². The molecule has 0 amide bonds. The summed E-state index contributed by atoms with van der Waals surface area (Å²) in [6, 6.07) is 0. The van der Waals surface area contributed by atoms with Gasteiger partial charge >= 0.3 is 210 Å². The van der Waals surface area contributed by atoms with Crippen molar-refractivity contribution in [3.05, 3.63) is 0 Å². The van der Waals surface area contributed by atoms with E-state index in [9.17, 15) is 52.7 Å². The van der Waals surface area contributed by atoms with Crippen LogP contribution in [-0.2, 0) is 6.15 Å². The molecule has 0 fully saturated rings. The van der Waals surface area contributed by atoms with Crippen molar-refractivity contribution in [2.75, 3.05) is 13.2 Å². The molecule has 0 N–H and O–H groups in total. The number of unbranched alkanes of at least 4 members (excludes halogenated alkanes) is 6. The first-order chi connectivity index (χ1) is 16.8. The predicted molar refractivity (Wildman–Crippen MR) is 108 cm³/mol. The van der Waals surface area contributed by atoms with E-state index in [0.29, 0.717) is 25.7 Å². The zero-order chi connectivity index (χ0) is 29.3. The Balaban J connectivity index is 6.80. The first-order valence-electron chi connectivity index (χ1n) is 11.5. The third kappa shape index (κ3) is 8.36. The molecule has 0 aromatic rings. The van der Waals surface area contributed by atoms with Crippen molar-refractivity contribution in [3.63, 3.8) is 0 Å². The summed E-state index contributed by atoms with van der Waals surface area (Å²) in [7, 11) is 0. The minimum absolute atomic E-state index is 0.107. The van der Waals surface area contributed by atoms with Crippen LogP contribution in [0, 0.1) is 0 Å². The molecule has 0 saturated carbocycles. The number of halogens is 14. The Morgan fingerprint density at radius 2 is 0.784 bits per heavy atom. The molecule has 2 unspecified atom stereocenters. The zero-order valence-electron chi connectivity index (χ0n) is 20.0. The van der Waals surface area contributed by atoms with Crippen LogP contribution in [-0.4, -0.2) is 77.3 Å². The molecular formula is C20H30F14O2Sn. The van der Waals surface area contributed by atoms with Crippen molar-refractivity contribution >= 4 is 19.2 Å². The number of hydrogen-bond acceptors (Lipinski definition) is 2. The van der Waals surface area contributed by atoms with Crippen molar-refractivity contribution in [2.45, 2.75) is 110 Å². The van der Waals surface area contributed by atoms with Gasteiger partial charge in [0.05, 0.1) is 0 Å². The van der Waals surface area contributed by atoms with E-state index in [1.165, 1.54) is 0 Å². The van der Waals surface area contributed by atoms with E-state index in [1.807, 2.05) is 0 Å². The second kappa shape index (κ2) is 14.9. The first-order valence-corrected chi connectivity index (χ1v) is 17.1. The monoisotopic (exact) mass is 688 g/mol. The molecule has 0 saturated heterocycles. The third-order valence-corrected chi connectivity index (χ3v) is 15.3. The third-order valence-electron chi connectivity index (χ3n) is 5.43. The number of hydrogen-bond donors (Lipinski definition) is 0. The maximum atomic E-state index is 15.2. The van der Waals surface area contributed by atoms with Gasteiger partial charge in [0, 0.05) is 0 Å². The van der Waals surface area contributed by atoms with Crippen LogP contribution in [0.25, 0.3) is 0 Å². The molecule has 0 aliphatic heterocycles. The summed E-state index contributed by atoms with van der Waals surface area (Å²) in [5.41, 5.74) is 0. The molecule has 0 rings (SSSR count). The molecule has 224 valence electrons. The Morgan fingerprint density at radius 1 is 0.486 bits per heavy atom. The van der Waals surface area contributed by atoms with Crippen LogP contribution in [0.4, 0.5) is 61.5 Å². The molecule has 0 spiro atoms. The molecule has 2 nitrogen and oxygen atoms in total. The van der Waals surface area contributed by atoms with E-state index in [4.69, 9.17) is 0 Å². The van der Waals surface area contributed by atoms with Gasteiger partial charge < -0.3 is 0 Å². The second-order valence-electron chi connectivity index (χ2n) is 8.36. The van der Waals surface area contributed by atoms with Crippen LogP contribution >= 0.6 is 0 Å². The molecule has 0 aliphatic rings. The van der Waals surface area contributed by atoms with Gasteiger partial charge in [0.15, 0.2) is 0 Å². The Morgan fingerprint density at radius 3 is 1.03 bits per heavy atom. The topological polar surface area (TPSA) is 18.5 Å². The van der Waals surface area contributed by atoms with Gasteiger partial charge in [-0.05, 0) is 0 Å². The van der Waals surface area contributed by atoms with Crippen molar-refractivity contribution in [3.8, 4) is 0 Å².